The van der Waals surface area contributed by atoms with Gasteiger partial charge >= 0.3 is 0 Å². The first-order valence-corrected chi connectivity index (χ1v) is 8.00. The number of nitrogens with zero attached hydrogens (tertiary/aromatic N) is 2. The van der Waals surface area contributed by atoms with Crippen LogP contribution in [0.2, 0.25) is 0 Å². The summed E-state index contributed by atoms with van der Waals surface area (Å²) >= 11 is 0. The highest BCUT2D eigenvalue weighted by molar-refractivity contribution is 5.03. The van der Waals surface area contributed by atoms with E-state index in [1.807, 2.05) is 6.20 Å². The standard InChI is InChI=1S/C16H29N3/c1-4-8-17-15(14-7-6-13(3)12-14)16-18-9-11-19(16)10-5-2/h9,11,13-15,17H,4-8,10,12H2,1-3H3. The number of imidazole rings is 1. The molecule has 108 valence electrons. The normalized spacial score (nSPS) is 24.8. The van der Waals surface area contributed by atoms with Crippen molar-refractivity contribution in [2.45, 2.75) is 65.5 Å². The molecule has 1 heterocycles. The second-order valence-electron chi connectivity index (χ2n) is 6.09. The summed E-state index contributed by atoms with van der Waals surface area (Å²) in [5.74, 6) is 2.90. The number of nitrogens with one attached hydrogen (secondary N) is 1. The van der Waals surface area contributed by atoms with Crippen LogP contribution in [0.3, 0.4) is 0 Å². The third-order valence-electron chi connectivity index (χ3n) is 4.31. The first-order chi connectivity index (χ1) is 9.26. The Kier molecular flexibility index (Phi) is 5.44. The van der Waals surface area contributed by atoms with Crippen LogP contribution in [0, 0.1) is 11.8 Å². The van der Waals surface area contributed by atoms with E-state index in [4.69, 9.17) is 0 Å². The Labute approximate surface area is 117 Å². The zero-order valence-corrected chi connectivity index (χ0v) is 12.7. The Hall–Kier alpha value is -0.830. The smallest absolute Gasteiger partial charge is 0.126 e. The summed E-state index contributed by atoms with van der Waals surface area (Å²) in [5, 5.41) is 3.75. The van der Waals surface area contributed by atoms with Gasteiger partial charge in [-0.25, -0.2) is 4.98 Å². The van der Waals surface area contributed by atoms with Crippen LogP contribution in [0.25, 0.3) is 0 Å². The third kappa shape index (κ3) is 3.59. The molecule has 0 radical (unpaired) electrons. The van der Waals surface area contributed by atoms with Crippen molar-refractivity contribution in [1.29, 1.82) is 0 Å². The Morgan fingerprint density at radius 2 is 2.21 bits per heavy atom. The summed E-state index contributed by atoms with van der Waals surface area (Å²) in [5.41, 5.74) is 0. The number of hydrogen-bond acceptors (Lipinski definition) is 2. The third-order valence-corrected chi connectivity index (χ3v) is 4.31. The van der Waals surface area contributed by atoms with Crippen LogP contribution in [0.15, 0.2) is 12.4 Å². The lowest BCUT2D eigenvalue weighted by atomic mass is 9.96. The van der Waals surface area contributed by atoms with Crippen molar-refractivity contribution < 1.29 is 0 Å². The fourth-order valence-corrected chi connectivity index (χ4v) is 3.35. The molecule has 0 saturated heterocycles. The maximum absolute atomic E-state index is 4.66. The van der Waals surface area contributed by atoms with Gasteiger partial charge in [-0.3, -0.25) is 0 Å². The number of rotatable bonds is 7. The molecule has 1 aliphatic carbocycles. The molecule has 0 aromatic carbocycles. The van der Waals surface area contributed by atoms with Crippen LogP contribution < -0.4 is 5.32 Å². The molecule has 1 saturated carbocycles. The molecule has 2 rings (SSSR count). The molecule has 0 aliphatic heterocycles. The summed E-state index contributed by atoms with van der Waals surface area (Å²) in [6, 6.07) is 0.450. The predicted molar refractivity (Wildman–Crippen MR) is 80.1 cm³/mol. The molecule has 3 unspecified atom stereocenters. The highest BCUT2D eigenvalue weighted by Gasteiger charge is 2.31. The van der Waals surface area contributed by atoms with Gasteiger partial charge in [-0.05, 0) is 44.1 Å². The van der Waals surface area contributed by atoms with Gasteiger partial charge in [0.25, 0.3) is 0 Å². The van der Waals surface area contributed by atoms with Crippen molar-refractivity contribution in [2.75, 3.05) is 6.54 Å². The maximum Gasteiger partial charge on any atom is 0.126 e. The van der Waals surface area contributed by atoms with Crippen molar-refractivity contribution in [3.05, 3.63) is 18.2 Å². The average Bonchev–Trinajstić information content (AvgIpc) is 3.01. The first kappa shape index (κ1) is 14.6. The number of aromatic nitrogens is 2. The lowest BCUT2D eigenvalue weighted by molar-refractivity contribution is 0.335. The SMILES string of the molecule is CCCNC(c1nccn1CCC)C1CCC(C)C1. The molecule has 0 amide bonds. The fourth-order valence-electron chi connectivity index (χ4n) is 3.35. The molecule has 1 aromatic heterocycles. The lowest BCUT2D eigenvalue weighted by Crippen LogP contribution is -2.30. The zero-order chi connectivity index (χ0) is 13.7. The van der Waals surface area contributed by atoms with Gasteiger partial charge in [0.05, 0.1) is 6.04 Å². The average molecular weight is 263 g/mol. The molecule has 0 spiro atoms. The van der Waals surface area contributed by atoms with Crippen LogP contribution in [-0.2, 0) is 6.54 Å². The Morgan fingerprint density at radius 1 is 1.37 bits per heavy atom. The van der Waals surface area contributed by atoms with E-state index in [1.54, 1.807) is 0 Å². The van der Waals surface area contributed by atoms with Crippen molar-refractivity contribution in [3.8, 4) is 0 Å². The van der Waals surface area contributed by atoms with Crippen LogP contribution in [-0.4, -0.2) is 16.1 Å². The summed E-state index contributed by atoms with van der Waals surface area (Å²) < 4.78 is 2.34. The maximum atomic E-state index is 4.66. The molecule has 1 fully saturated rings. The molecular weight excluding hydrogens is 234 g/mol. The highest BCUT2D eigenvalue weighted by atomic mass is 15.1. The van der Waals surface area contributed by atoms with Crippen molar-refractivity contribution in [2.24, 2.45) is 11.8 Å². The summed E-state index contributed by atoms with van der Waals surface area (Å²) in [6.07, 6.45) is 10.5. The summed E-state index contributed by atoms with van der Waals surface area (Å²) in [7, 11) is 0. The lowest BCUT2D eigenvalue weighted by Gasteiger charge is -2.25. The van der Waals surface area contributed by atoms with E-state index in [-0.39, 0.29) is 0 Å². The van der Waals surface area contributed by atoms with E-state index < -0.39 is 0 Å². The minimum Gasteiger partial charge on any atom is -0.334 e. The van der Waals surface area contributed by atoms with Gasteiger partial charge in [0, 0.05) is 18.9 Å². The van der Waals surface area contributed by atoms with Crippen LogP contribution in [0.5, 0.6) is 0 Å². The number of hydrogen-bond donors (Lipinski definition) is 1. The van der Waals surface area contributed by atoms with Crippen molar-refractivity contribution >= 4 is 0 Å². The van der Waals surface area contributed by atoms with Crippen LogP contribution >= 0.6 is 0 Å². The van der Waals surface area contributed by atoms with Crippen LogP contribution in [0.1, 0.15) is 64.7 Å². The largest absolute Gasteiger partial charge is 0.334 e. The quantitative estimate of drug-likeness (QED) is 0.811. The van der Waals surface area contributed by atoms with Crippen LogP contribution in [0.4, 0.5) is 0 Å². The molecule has 3 nitrogen and oxygen atoms in total. The van der Waals surface area contributed by atoms with E-state index in [0.717, 1.165) is 24.9 Å². The van der Waals surface area contributed by atoms with E-state index >= 15 is 0 Å². The predicted octanol–water partition coefficient (Wildman–Crippen LogP) is 3.77. The van der Waals surface area contributed by atoms with E-state index in [2.05, 4.69) is 41.8 Å². The molecule has 1 aliphatic rings. The van der Waals surface area contributed by atoms with Gasteiger partial charge in [-0.2, -0.15) is 0 Å². The second-order valence-corrected chi connectivity index (χ2v) is 6.09. The van der Waals surface area contributed by atoms with E-state index in [1.165, 1.54) is 37.9 Å². The van der Waals surface area contributed by atoms with Gasteiger partial charge in [0.2, 0.25) is 0 Å². The first-order valence-electron chi connectivity index (χ1n) is 8.00. The minimum absolute atomic E-state index is 0.450. The highest BCUT2D eigenvalue weighted by Crippen LogP contribution is 2.38. The fraction of sp³-hybridized carbons (Fsp3) is 0.812. The van der Waals surface area contributed by atoms with E-state index in [0.29, 0.717) is 6.04 Å². The van der Waals surface area contributed by atoms with Crippen molar-refractivity contribution in [1.82, 2.24) is 14.9 Å². The Morgan fingerprint density at radius 3 is 2.84 bits per heavy atom. The molecule has 1 N–H and O–H groups in total. The van der Waals surface area contributed by atoms with Crippen molar-refractivity contribution in [3.63, 3.8) is 0 Å². The topological polar surface area (TPSA) is 29.9 Å². The molecule has 19 heavy (non-hydrogen) atoms. The second kappa shape index (κ2) is 7.09. The van der Waals surface area contributed by atoms with Gasteiger partial charge in [-0.15, -0.1) is 0 Å². The molecule has 3 heteroatoms. The number of aryl methyl sites for hydroxylation is 1. The molecule has 0 bridgehead atoms. The van der Waals surface area contributed by atoms with Gasteiger partial charge in [0.15, 0.2) is 0 Å². The summed E-state index contributed by atoms with van der Waals surface area (Å²) in [4.78, 5) is 4.66. The van der Waals surface area contributed by atoms with Gasteiger partial charge in [-0.1, -0.05) is 27.2 Å². The zero-order valence-electron chi connectivity index (χ0n) is 12.7. The molecular formula is C16H29N3. The van der Waals surface area contributed by atoms with Gasteiger partial charge < -0.3 is 9.88 Å². The van der Waals surface area contributed by atoms with E-state index in [9.17, 15) is 0 Å². The van der Waals surface area contributed by atoms with Gasteiger partial charge in [0.1, 0.15) is 5.82 Å². The molecule has 1 aromatic rings. The molecule has 3 atom stereocenters. The summed E-state index contributed by atoms with van der Waals surface area (Å²) in [6.45, 7) is 9.03. The Balaban J connectivity index is 2.13. The minimum atomic E-state index is 0.450. The monoisotopic (exact) mass is 263 g/mol. The Bertz CT molecular complexity index is 372.